The average Bonchev–Trinajstić information content (AvgIpc) is 2.73. The lowest BCUT2D eigenvalue weighted by atomic mass is 10.1. The van der Waals surface area contributed by atoms with E-state index >= 15 is 0 Å². The molecule has 0 saturated heterocycles. The lowest BCUT2D eigenvalue weighted by Gasteiger charge is -2.14. The highest BCUT2D eigenvalue weighted by Crippen LogP contribution is 2.15. The van der Waals surface area contributed by atoms with E-state index in [2.05, 4.69) is 25.7 Å². The molecule has 0 spiro atoms. The van der Waals surface area contributed by atoms with Crippen molar-refractivity contribution < 1.29 is 14.6 Å². The van der Waals surface area contributed by atoms with Crippen LogP contribution in [0.1, 0.15) is 30.6 Å². The Morgan fingerprint density at radius 3 is 2.46 bits per heavy atom. The third kappa shape index (κ3) is 7.28. The first-order chi connectivity index (χ1) is 13.6. The van der Waals surface area contributed by atoms with E-state index in [9.17, 15) is 9.90 Å². The monoisotopic (exact) mass is 384 g/mol. The highest BCUT2D eigenvalue weighted by Gasteiger charge is 2.07. The van der Waals surface area contributed by atoms with Crippen LogP contribution in [-0.2, 0) is 11.3 Å². The van der Waals surface area contributed by atoms with Crippen molar-refractivity contribution in [1.29, 1.82) is 0 Å². The maximum Gasteiger partial charge on any atom is 0.411 e. The number of anilines is 1. The van der Waals surface area contributed by atoms with Gasteiger partial charge in [-0.2, -0.15) is 0 Å². The second-order valence-corrected chi connectivity index (χ2v) is 6.15. The number of aliphatic hydroxyl groups excluding tert-OH is 1. The topological polar surface area (TPSA) is 95.0 Å². The van der Waals surface area contributed by atoms with E-state index in [0.29, 0.717) is 31.2 Å². The van der Waals surface area contributed by atoms with Gasteiger partial charge in [-0.1, -0.05) is 42.5 Å². The number of nitrogens with one attached hydrogen (secondary N) is 3. The Hall–Kier alpha value is -3.06. The number of carbonyl (C=O) groups excluding carboxylic acids is 1. The van der Waals surface area contributed by atoms with Crippen LogP contribution < -0.4 is 16.0 Å². The lowest BCUT2D eigenvalue weighted by Crippen LogP contribution is -2.38. The summed E-state index contributed by atoms with van der Waals surface area (Å²) >= 11 is 0. The number of hydrogen-bond acceptors (Lipinski definition) is 4. The van der Waals surface area contributed by atoms with E-state index in [1.165, 1.54) is 7.11 Å². The fraction of sp³-hybridized carbons (Fsp3) is 0.333. The van der Waals surface area contributed by atoms with Gasteiger partial charge in [0.1, 0.15) is 0 Å². The molecule has 0 aromatic heterocycles. The minimum atomic E-state index is -0.508. The Balaban J connectivity index is 1.85. The molecule has 2 rings (SSSR count). The Morgan fingerprint density at radius 1 is 1.11 bits per heavy atom. The minimum Gasteiger partial charge on any atom is -0.453 e. The van der Waals surface area contributed by atoms with Gasteiger partial charge in [-0.3, -0.25) is 5.32 Å². The summed E-state index contributed by atoms with van der Waals surface area (Å²) in [6.07, 6.45) is -0.420. The number of guanidine groups is 1. The molecule has 4 N–H and O–H groups in total. The molecule has 0 radical (unpaired) electrons. The fourth-order valence-electron chi connectivity index (χ4n) is 2.54. The molecule has 1 atom stereocenters. The van der Waals surface area contributed by atoms with Crippen molar-refractivity contribution in [2.75, 3.05) is 25.5 Å². The van der Waals surface area contributed by atoms with Crippen molar-refractivity contribution in [2.24, 2.45) is 4.99 Å². The van der Waals surface area contributed by atoms with Gasteiger partial charge >= 0.3 is 6.09 Å². The van der Waals surface area contributed by atoms with Crippen molar-refractivity contribution in [3.8, 4) is 0 Å². The average molecular weight is 384 g/mol. The van der Waals surface area contributed by atoms with Crippen molar-refractivity contribution in [3.63, 3.8) is 0 Å². The molecular formula is C21H28N4O3. The van der Waals surface area contributed by atoms with Crippen LogP contribution in [-0.4, -0.2) is 37.4 Å². The van der Waals surface area contributed by atoms with Gasteiger partial charge in [0.25, 0.3) is 0 Å². The maximum absolute atomic E-state index is 11.2. The van der Waals surface area contributed by atoms with Crippen LogP contribution in [0.2, 0.25) is 0 Å². The van der Waals surface area contributed by atoms with Crippen molar-refractivity contribution >= 4 is 17.7 Å². The molecule has 0 heterocycles. The first kappa shape index (κ1) is 21.2. The van der Waals surface area contributed by atoms with Gasteiger partial charge in [0.15, 0.2) is 5.96 Å². The molecule has 0 aliphatic carbocycles. The highest BCUT2D eigenvalue weighted by atomic mass is 16.5. The number of aliphatic imine (C=N–C) groups is 1. The summed E-state index contributed by atoms with van der Waals surface area (Å²) in [5, 5.41) is 19.3. The SMILES string of the molecule is CCNC(=NCc1ccc(NC(=O)OC)cc1)NCCC(O)c1ccccc1. The molecule has 150 valence electrons. The molecule has 28 heavy (non-hydrogen) atoms. The first-order valence-electron chi connectivity index (χ1n) is 9.31. The number of hydrogen-bond donors (Lipinski definition) is 4. The summed E-state index contributed by atoms with van der Waals surface area (Å²) in [6.45, 7) is 3.84. The van der Waals surface area contributed by atoms with Gasteiger partial charge in [-0.05, 0) is 36.6 Å². The number of carbonyl (C=O) groups is 1. The van der Waals surface area contributed by atoms with Crippen molar-refractivity contribution in [1.82, 2.24) is 10.6 Å². The Morgan fingerprint density at radius 2 is 1.82 bits per heavy atom. The van der Waals surface area contributed by atoms with Crippen molar-refractivity contribution in [2.45, 2.75) is 26.0 Å². The number of rotatable bonds is 8. The summed E-state index contributed by atoms with van der Waals surface area (Å²) in [6, 6.07) is 17.0. The Bertz CT molecular complexity index is 748. The molecule has 0 bridgehead atoms. The maximum atomic E-state index is 11.2. The summed E-state index contributed by atoms with van der Waals surface area (Å²) in [7, 11) is 1.33. The van der Waals surface area contributed by atoms with Gasteiger partial charge in [-0.25, -0.2) is 9.79 Å². The largest absolute Gasteiger partial charge is 0.453 e. The number of ether oxygens (including phenoxy) is 1. The third-order valence-electron chi connectivity index (χ3n) is 4.04. The first-order valence-corrected chi connectivity index (χ1v) is 9.31. The van der Waals surface area contributed by atoms with Crippen molar-refractivity contribution in [3.05, 3.63) is 65.7 Å². The van der Waals surface area contributed by atoms with Gasteiger partial charge in [-0.15, -0.1) is 0 Å². The minimum absolute atomic E-state index is 0.495. The Kier molecular flexibility index (Phi) is 8.81. The summed E-state index contributed by atoms with van der Waals surface area (Å²) in [5.41, 5.74) is 2.59. The van der Waals surface area contributed by atoms with E-state index < -0.39 is 12.2 Å². The predicted octanol–water partition coefficient (Wildman–Crippen LogP) is 3.04. The molecule has 7 nitrogen and oxygen atoms in total. The highest BCUT2D eigenvalue weighted by molar-refractivity contribution is 5.84. The summed E-state index contributed by atoms with van der Waals surface area (Å²) in [5.74, 6) is 0.694. The summed E-state index contributed by atoms with van der Waals surface area (Å²) in [4.78, 5) is 15.8. The zero-order valence-electron chi connectivity index (χ0n) is 16.3. The molecule has 0 aliphatic rings. The molecule has 0 aliphatic heterocycles. The van der Waals surface area contributed by atoms with Gasteiger partial charge in [0.05, 0.1) is 19.8 Å². The number of amides is 1. The number of aliphatic hydroxyl groups is 1. The van der Waals surface area contributed by atoms with Gasteiger partial charge in [0, 0.05) is 18.8 Å². The molecule has 2 aromatic carbocycles. The molecule has 0 saturated carbocycles. The van der Waals surface area contributed by atoms with Crippen LogP contribution in [0, 0.1) is 0 Å². The van der Waals surface area contributed by atoms with Crippen LogP contribution in [0.3, 0.4) is 0 Å². The molecule has 0 fully saturated rings. The predicted molar refractivity (Wildman–Crippen MR) is 111 cm³/mol. The van der Waals surface area contributed by atoms with Crippen LogP contribution >= 0.6 is 0 Å². The standard InChI is InChI=1S/C21H28N4O3/c1-3-22-20(23-14-13-19(26)17-7-5-4-6-8-17)24-15-16-9-11-18(12-10-16)25-21(27)28-2/h4-12,19,26H,3,13-15H2,1-2H3,(H,25,27)(H2,22,23,24). The van der Waals surface area contributed by atoms with E-state index in [1.54, 1.807) is 12.1 Å². The van der Waals surface area contributed by atoms with Gasteiger partial charge < -0.3 is 20.5 Å². The number of methoxy groups -OCH3 is 1. The molecule has 1 unspecified atom stereocenters. The number of benzene rings is 2. The smallest absolute Gasteiger partial charge is 0.411 e. The van der Waals surface area contributed by atoms with Crippen LogP contribution in [0.25, 0.3) is 0 Å². The second-order valence-electron chi connectivity index (χ2n) is 6.15. The molecule has 7 heteroatoms. The number of nitrogens with zero attached hydrogens (tertiary/aromatic N) is 1. The normalized spacial score (nSPS) is 12.2. The fourth-order valence-corrected chi connectivity index (χ4v) is 2.54. The zero-order valence-corrected chi connectivity index (χ0v) is 16.3. The second kappa shape index (κ2) is 11.6. The zero-order chi connectivity index (χ0) is 20.2. The van der Waals surface area contributed by atoms with E-state index in [1.807, 2.05) is 49.4 Å². The van der Waals surface area contributed by atoms with E-state index in [4.69, 9.17) is 0 Å². The van der Waals surface area contributed by atoms with Gasteiger partial charge in [0.2, 0.25) is 0 Å². The lowest BCUT2D eigenvalue weighted by molar-refractivity contribution is 0.168. The molecule has 1 amide bonds. The van der Waals surface area contributed by atoms with E-state index in [-0.39, 0.29) is 0 Å². The van der Waals surface area contributed by atoms with Crippen LogP contribution in [0.15, 0.2) is 59.6 Å². The quantitative estimate of drug-likeness (QED) is 0.414. The Labute approximate surface area is 165 Å². The van der Waals surface area contributed by atoms with Crippen LogP contribution in [0.4, 0.5) is 10.5 Å². The van der Waals surface area contributed by atoms with Crippen LogP contribution in [0.5, 0.6) is 0 Å². The van der Waals surface area contributed by atoms with E-state index in [0.717, 1.165) is 17.7 Å². The molecule has 2 aromatic rings. The molecular weight excluding hydrogens is 356 g/mol. The third-order valence-corrected chi connectivity index (χ3v) is 4.04. The summed E-state index contributed by atoms with van der Waals surface area (Å²) < 4.78 is 4.57.